The monoisotopic (exact) mass is 288 g/mol. The summed E-state index contributed by atoms with van der Waals surface area (Å²) in [6.07, 6.45) is 2.50. The third-order valence-electron chi connectivity index (χ3n) is 3.48. The van der Waals surface area contributed by atoms with Gasteiger partial charge in [-0.15, -0.1) is 0 Å². The van der Waals surface area contributed by atoms with E-state index in [1.54, 1.807) is 7.11 Å². The zero-order valence-corrected chi connectivity index (χ0v) is 13.0. The van der Waals surface area contributed by atoms with E-state index in [0.717, 1.165) is 35.8 Å². The second kappa shape index (κ2) is 7.85. The predicted octanol–water partition coefficient (Wildman–Crippen LogP) is 1.92. The molecule has 0 saturated heterocycles. The number of hydrogen-bond donors (Lipinski definition) is 2. The van der Waals surface area contributed by atoms with Crippen molar-refractivity contribution in [3.63, 3.8) is 0 Å². The Kier molecular flexibility index (Phi) is 6.79. The molecule has 0 aliphatic heterocycles. The highest BCUT2D eigenvalue weighted by Crippen LogP contribution is 2.24. The Bertz CT molecular complexity index is 390. The molecule has 2 unspecified atom stereocenters. The summed E-state index contributed by atoms with van der Waals surface area (Å²) in [6.45, 7) is 7.00. The molecule has 0 aliphatic carbocycles. The van der Waals surface area contributed by atoms with Gasteiger partial charge in [-0.2, -0.15) is 5.10 Å². The normalized spacial score (nSPS) is 14.6. The van der Waals surface area contributed by atoms with Gasteiger partial charge in [-0.25, -0.2) is 0 Å². The standard InChI is InChI=1S/C13H25ClN4O/c1-5-9-13(14)11(18(7-3)17-9)8-10(16-15)12(6-2)19-4/h10,12,16H,5-8,15H2,1-4H3. The molecule has 1 rings (SSSR count). The van der Waals surface area contributed by atoms with E-state index >= 15 is 0 Å². The van der Waals surface area contributed by atoms with Crippen LogP contribution in [0.15, 0.2) is 0 Å². The molecule has 0 aliphatic rings. The van der Waals surface area contributed by atoms with Crippen LogP contribution in [0.5, 0.6) is 0 Å². The van der Waals surface area contributed by atoms with Crippen LogP contribution in [0.25, 0.3) is 0 Å². The van der Waals surface area contributed by atoms with Gasteiger partial charge in [0, 0.05) is 20.1 Å². The van der Waals surface area contributed by atoms with Gasteiger partial charge in [-0.3, -0.25) is 16.0 Å². The van der Waals surface area contributed by atoms with E-state index in [1.165, 1.54) is 0 Å². The first-order valence-corrected chi connectivity index (χ1v) is 7.23. The van der Waals surface area contributed by atoms with Crippen molar-refractivity contribution in [1.29, 1.82) is 0 Å². The van der Waals surface area contributed by atoms with Crippen LogP contribution < -0.4 is 11.3 Å². The lowest BCUT2D eigenvalue weighted by atomic mass is 10.0. The molecule has 5 nitrogen and oxygen atoms in total. The Labute approximate surface area is 120 Å². The fraction of sp³-hybridized carbons (Fsp3) is 0.769. The molecule has 2 atom stereocenters. The maximum Gasteiger partial charge on any atom is 0.0850 e. The Hall–Kier alpha value is -0.620. The number of methoxy groups -OCH3 is 1. The summed E-state index contributed by atoms with van der Waals surface area (Å²) in [7, 11) is 1.70. The number of nitrogens with two attached hydrogens (primary N) is 1. The number of nitrogens with zero attached hydrogens (tertiary/aromatic N) is 2. The van der Waals surface area contributed by atoms with Gasteiger partial charge < -0.3 is 4.74 Å². The number of ether oxygens (including phenoxy) is 1. The first-order chi connectivity index (χ1) is 9.12. The molecule has 0 saturated carbocycles. The molecule has 0 aromatic carbocycles. The summed E-state index contributed by atoms with van der Waals surface area (Å²) in [5, 5.41) is 5.28. The summed E-state index contributed by atoms with van der Waals surface area (Å²) < 4.78 is 7.41. The minimum absolute atomic E-state index is 0.0270. The molecule has 6 heteroatoms. The highest BCUT2D eigenvalue weighted by atomic mass is 35.5. The maximum absolute atomic E-state index is 6.41. The highest BCUT2D eigenvalue weighted by Gasteiger charge is 2.23. The van der Waals surface area contributed by atoms with Gasteiger partial charge >= 0.3 is 0 Å². The number of nitrogens with one attached hydrogen (secondary N) is 1. The molecule has 0 spiro atoms. The average Bonchev–Trinajstić information content (AvgIpc) is 2.74. The van der Waals surface area contributed by atoms with Crippen molar-refractivity contribution in [2.45, 2.75) is 58.7 Å². The number of rotatable bonds is 8. The lowest BCUT2D eigenvalue weighted by Crippen LogP contribution is -2.46. The number of aromatic nitrogens is 2. The molecule has 3 N–H and O–H groups in total. The Morgan fingerprint density at radius 3 is 2.53 bits per heavy atom. The van der Waals surface area contributed by atoms with Gasteiger partial charge in [0.05, 0.1) is 28.6 Å². The summed E-state index contributed by atoms with van der Waals surface area (Å²) in [5.41, 5.74) is 4.81. The van der Waals surface area contributed by atoms with Crippen molar-refractivity contribution in [2.75, 3.05) is 7.11 Å². The van der Waals surface area contributed by atoms with E-state index in [-0.39, 0.29) is 12.1 Å². The van der Waals surface area contributed by atoms with Crippen LogP contribution in [0.4, 0.5) is 0 Å². The molecule has 110 valence electrons. The molecule has 0 radical (unpaired) electrons. The quantitative estimate of drug-likeness (QED) is 0.567. The van der Waals surface area contributed by atoms with Crippen molar-refractivity contribution in [1.82, 2.24) is 15.2 Å². The van der Waals surface area contributed by atoms with Gasteiger partial charge in [-0.1, -0.05) is 25.4 Å². The lowest BCUT2D eigenvalue weighted by molar-refractivity contribution is 0.0647. The van der Waals surface area contributed by atoms with Crippen molar-refractivity contribution in [3.8, 4) is 0 Å². The maximum atomic E-state index is 6.41. The van der Waals surface area contributed by atoms with Gasteiger partial charge in [0.1, 0.15) is 0 Å². The van der Waals surface area contributed by atoms with Gasteiger partial charge in [-0.05, 0) is 19.8 Å². The van der Waals surface area contributed by atoms with E-state index in [4.69, 9.17) is 22.2 Å². The molecule has 0 fully saturated rings. The minimum Gasteiger partial charge on any atom is -0.380 e. The Balaban J connectivity index is 2.98. The van der Waals surface area contributed by atoms with Gasteiger partial charge in [0.2, 0.25) is 0 Å². The van der Waals surface area contributed by atoms with Crippen LogP contribution in [0.3, 0.4) is 0 Å². The zero-order valence-electron chi connectivity index (χ0n) is 12.2. The van der Waals surface area contributed by atoms with Crippen LogP contribution in [0.2, 0.25) is 5.02 Å². The van der Waals surface area contributed by atoms with Crippen molar-refractivity contribution >= 4 is 11.6 Å². The summed E-state index contributed by atoms with van der Waals surface area (Å²) in [5.74, 6) is 5.65. The molecule has 1 aromatic heterocycles. The first kappa shape index (κ1) is 16.4. The average molecular weight is 289 g/mol. The van der Waals surface area contributed by atoms with Gasteiger partial charge in [0.25, 0.3) is 0 Å². The molecule has 0 bridgehead atoms. The van der Waals surface area contributed by atoms with Crippen LogP contribution in [-0.4, -0.2) is 29.0 Å². The minimum atomic E-state index is 0.0270. The largest absolute Gasteiger partial charge is 0.380 e. The lowest BCUT2D eigenvalue weighted by Gasteiger charge is -2.24. The number of aryl methyl sites for hydroxylation is 2. The van der Waals surface area contributed by atoms with Crippen molar-refractivity contribution in [3.05, 3.63) is 16.4 Å². The SMILES string of the molecule is CCc1nn(CC)c(CC(NN)C(CC)OC)c1Cl. The van der Waals surface area contributed by atoms with Crippen LogP contribution in [-0.2, 0) is 24.1 Å². The molecule has 1 heterocycles. The van der Waals surface area contributed by atoms with E-state index in [9.17, 15) is 0 Å². The summed E-state index contributed by atoms with van der Waals surface area (Å²) in [4.78, 5) is 0. The van der Waals surface area contributed by atoms with Crippen LogP contribution >= 0.6 is 11.6 Å². The Morgan fingerprint density at radius 2 is 2.11 bits per heavy atom. The van der Waals surface area contributed by atoms with E-state index < -0.39 is 0 Å². The molecular weight excluding hydrogens is 264 g/mol. The summed E-state index contributed by atoms with van der Waals surface area (Å²) >= 11 is 6.41. The van der Waals surface area contributed by atoms with E-state index in [1.807, 2.05) is 4.68 Å². The van der Waals surface area contributed by atoms with Crippen molar-refractivity contribution in [2.24, 2.45) is 5.84 Å². The third-order valence-corrected chi connectivity index (χ3v) is 3.91. The van der Waals surface area contributed by atoms with Crippen molar-refractivity contribution < 1.29 is 4.74 Å². The second-order valence-corrected chi connectivity index (χ2v) is 4.91. The number of hydrazine groups is 1. The van der Waals surface area contributed by atoms with E-state index in [0.29, 0.717) is 6.42 Å². The summed E-state index contributed by atoms with van der Waals surface area (Å²) in [6, 6.07) is 0.0270. The Morgan fingerprint density at radius 1 is 1.42 bits per heavy atom. The topological polar surface area (TPSA) is 65.1 Å². The second-order valence-electron chi connectivity index (χ2n) is 4.54. The highest BCUT2D eigenvalue weighted by molar-refractivity contribution is 6.31. The van der Waals surface area contributed by atoms with Crippen LogP contribution in [0, 0.1) is 0 Å². The molecule has 19 heavy (non-hydrogen) atoms. The first-order valence-electron chi connectivity index (χ1n) is 6.85. The van der Waals surface area contributed by atoms with Gasteiger partial charge in [0.15, 0.2) is 0 Å². The van der Waals surface area contributed by atoms with Crippen LogP contribution in [0.1, 0.15) is 38.6 Å². The smallest absolute Gasteiger partial charge is 0.0850 e. The molecule has 1 aromatic rings. The third kappa shape index (κ3) is 3.69. The molecular formula is C13H25ClN4O. The fourth-order valence-electron chi connectivity index (χ4n) is 2.33. The molecule has 0 amide bonds. The zero-order chi connectivity index (χ0) is 14.4. The fourth-order valence-corrected chi connectivity index (χ4v) is 2.68. The number of halogens is 1. The predicted molar refractivity (Wildman–Crippen MR) is 78.2 cm³/mol. The van der Waals surface area contributed by atoms with E-state index in [2.05, 4.69) is 31.3 Å². The number of hydrogen-bond acceptors (Lipinski definition) is 4.